The lowest BCUT2D eigenvalue weighted by Crippen LogP contribution is -2.21. The molecule has 0 spiro atoms. The molecule has 1 aliphatic carbocycles. The zero-order chi connectivity index (χ0) is 10.2. The van der Waals surface area contributed by atoms with Gasteiger partial charge in [0.25, 0.3) is 0 Å². The first-order valence-electron chi connectivity index (χ1n) is 4.54. The fourth-order valence-corrected chi connectivity index (χ4v) is 1.96. The van der Waals surface area contributed by atoms with Gasteiger partial charge in [0.05, 0.1) is 10.7 Å². The molecule has 1 aromatic heterocycles. The van der Waals surface area contributed by atoms with Crippen LogP contribution in [-0.2, 0) is 5.41 Å². The Morgan fingerprint density at radius 2 is 2.36 bits per heavy atom. The lowest BCUT2D eigenvalue weighted by Gasteiger charge is -2.13. The van der Waals surface area contributed by atoms with Crippen molar-refractivity contribution in [1.29, 1.82) is 0 Å². The minimum atomic E-state index is 0.0320. The fraction of sp³-hybridized carbons (Fsp3) is 0.364. The monoisotopic (exact) mass is 206 g/mol. The highest BCUT2D eigenvalue weighted by atomic mass is 35.5. The van der Waals surface area contributed by atoms with Crippen LogP contribution in [0.4, 0.5) is 0 Å². The number of nitrogens with zero attached hydrogens (tertiary/aromatic N) is 1. The van der Waals surface area contributed by atoms with E-state index in [-0.39, 0.29) is 5.41 Å². The van der Waals surface area contributed by atoms with Crippen molar-refractivity contribution in [3.05, 3.63) is 28.5 Å². The van der Waals surface area contributed by atoms with E-state index in [1.807, 2.05) is 0 Å². The lowest BCUT2D eigenvalue weighted by molar-refractivity contribution is 0.678. The van der Waals surface area contributed by atoms with Crippen molar-refractivity contribution < 1.29 is 0 Å². The largest absolute Gasteiger partial charge is 0.330 e. The van der Waals surface area contributed by atoms with Crippen LogP contribution in [0.25, 0.3) is 0 Å². The van der Waals surface area contributed by atoms with Crippen LogP contribution in [0.15, 0.2) is 12.3 Å². The molecule has 2 rings (SSSR count). The fourth-order valence-electron chi connectivity index (χ4n) is 1.60. The third-order valence-electron chi connectivity index (χ3n) is 2.75. The van der Waals surface area contributed by atoms with Crippen molar-refractivity contribution in [2.45, 2.75) is 18.3 Å². The van der Waals surface area contributed by atoms with Crippen LogP contribution in [0.1, 0.15) is 24.1 Å². The average Bonchev–Trinajstić information content (AvgIpc) is 2.98. The van der Waals surface area contributed by atoms with Crippen LogP contribution in [-0.4, -0.2) is 11.5 Å². The number of nitrogens with two attached hydrogens (primary N) is 1. The quantitative estimate of drug-likeness (QED) is 0.749. The highest BCUT2D eigenvalue weighted by molar-refractivity contribution is 6.31. The third-order valence-corrected chi connectivity index (χ3v) is 3.04. The highest BCUT2D eigenvalue weighted by Gasteiger charge is 2.45. The van der Waals surface area contributed by atoms with E-state index in [4.69, 9.17) is 23.8 Å². The van der Waals surface area contributed by atoms with E-state index in [0.717, 1.165) is 18.5 Å². The van der Waals surface area contributed by atoms with E-state index in [1.54, 1.807) is 12.3 Å². The first-order valence-corrected chi connectivity index (χ1v) is 4.92. The summed E-state index contributed by atoms with van der Waals surface area (Å²) in [4.78, 5) is 4.30. The van der Waals surface area contributed by atoms with Crippen molar-refractivity contribution in [3.8, 4) is 12.3 Å². The minimum Gasteiger partial charge on any atom is -0.330 e. The Morgan fingerprint density at radius 1 is 1.64 bits per heavy atom. The summed E-state index contributed by atoms with van der Waals surface area (Å²) in [6.07, 6.45) is 9.08. The molecule has 0 unspecified atom stereocenters. The summed E-state index contributed by atoms with van der Waals surface area (Å²) in [5.74, 6) is 2.51. The third kappa shape index (κ3) is 1.39. The van der Waals surface area contributed by atoms with Crippen LogP contribution in [0.2, 0.25) is 5.02 Å². The number of hydrogen-bond donors (Lipinski definition) is 1. The molecule has 0 bridgehead atoms. The zero-order valence-corrected chi connectivity index (χ0v) is 8.51. The first kappa shape index (κ1) is 9.51. The van der Waals surface area contributed by atoms with Crippen molar-refractivity contribution in [2.75, 3.05) is 6.54 Å². The Kier molecular flexibility index (Phi) is 2.22. The summed E-state index contributed by atoms with van der Waals surface area (Å²) in [7, 11) is 0. The average molecular weight is 207 g/mol. The SMILES string of the molecule is C#Cc1cnc(C2(CN)CC2)c(Cl)c1. The molecule has 1 fully saturated rings. The molecule has 14 heavy (non-hydrogen) atoms. The second kappa shape index (κ2) is 3.27. The number of halogens is 1. The van der Waals surface area contributed by atoms with Gasteiger partial charge in [-0.3, -0.25) is 4.98 Å². The smallest absolute Gasteiger partial charge is 0.0664 e. The van der Waals surface area contributed by atoms with Gasteiger partial charge in [-0.2, -0.15) is 0 Å². The molecule has 0 amide bonds. The first-order chi connectivity index (χ1) is 6.72. The van der Waals surface area contributed by atoms with Crippen molar-refractivity contribution in [1.82, 2.24) is 4.98 Å². The Labute approximate surface area is 88.5 Å². The molecular formula is C11H11ClN2. The maximum absolute atomic E-state index is 6.10. The van der Waals surface area contributed by atoms with Gasteiger partial charge in [-0.1, -0.05) is 17.5 Å². The van der Waals surface area contributed by atoms with Crippen molar-refractivity contribution in [3.63, 3.8) is 0 Å². The lowest BCUT2D eigenvalue weighted by atomic mass is 10.0. The summed E-state index contributed by atoms with van der Waals surface area (Å²) in [6.45, 7) is 0.606. The van der Waals surface area contributed by atoms with E-state index in [0.29, 0.717) is 17.1 Å². The van der Waals surface area contributed by atoms with E-state index in [9.17, 15) is 0 Å². The summed E-state index contributed by atoms with van der Waals surface area (Å²) in [5.41, 5.74) is 7.35. The number of aromatic nitrogens is 1. The zero-order valence-electron chi connectivity index (χ0n) is 7.76. The van der Waals surface area contributed by atoms with Gasteiger partial charge in [-0.05, 0) is 18.9 Å². The van der Waals surface area contributed by atoms with Crippen LogP contribution in [0, 0.1) is 12.3 Å². The van der Waals surface area contributed by atoms with Gasteiger partial charge < -0.3 is 5.73 Å². The molecule has 0 atom stereocenters. The van der Waals surface area contributed by atoms with Crippen LogP contribution >= 0.6 is 11.6 Å². The van der Waals surface area contributed by atoms with Crippen LogP contribution < -0.4 is 5.73 Å². The van der Waals surface area contributed by atoms with Gasteiger partial charge in [-0.25, -0.2) is 0 Å². The maximum atomic E-state index is 6.10. The molecule has 1 saturated carbocycles. The number of pyridine rings is 1. The molecule has 0 aromatic carbocycles. The molecule has 0 aliphatic heterocycles. The topological polar surface area (TPSA) is 38.9 Å². The second-order valence-corrected chi connectivity index (χ2v) is 4.09. The Bertz CT molecular complexity index is 402. The molecule has 0 saturated heterocycles. The molecule has 2 N–H and O–H groups in total. The van der Waals surface area contributed by atoms with Gasteiger partial charge >= 0.3 is 0 Å². The van der Waals surface area contributed by atoms with Gasteiger partial charge in [-0.15, -0.1) is 6.42 Å². The summed E-state index contributed by atoms with van der Waals surface area (Å²) in [6, 6.07) is 1.78. The minimum absolute atomic E-state index is 0.0320. The standard InChI is InChI=1S/C11H11ClN2/c1-2-8-5-9(12)10(14-6-8)11(7-13)3-4-11/h1,5-6H,3-4,7,13H2. The highest BCUT2D eigenvalue weighted by Crippen LogP contribution is 2.48. The molecule has 72 valence electrons. The molecule has 1 heterocycles. The second-order valence-electron chi connectivity index (χ2n) is 3.68. The molecule has 1 aliphatic rings. The normalized spacial score (nSPS) is 17.5. The van der Waals surface area contributed by atoms with Gasteiger partial charge in [0, 0.05) is 23.7 Å². The molecule has 1 aromatic rings. The summed E-state index contributed by atoms with van der Waals surface area (Å²) in [5, 5.41) is 0.642. The molecule has 2 nitrogen and oxygen atoms in total. The summed E-state index contributed by atoms with van der Waals surface area (Å²) >= 11 is 6.10. The Balaban J connectivity index is 2.42. The summed E-state index contributed by atoms with van der Waals surface area (Å²) < 4.78 is 0. The van der Waals surface area contributed by atoms with E-state index >= 15 is 0 Å². The van der Waals surface area contributed by atoms with E-state index in [2.05, 4.69) is 10.9 Å². The Hall–Kier alpha value is -1.04. The van der Waals surface area contributed by atoms with Crippen molar-refractivity contribution >= 4 is 11.6 Å². The van der Waals surface area contributed by atoms with Crippen molar-refractivity contribution in [2.24, 2.45) is 5.73 Å². The predicted octanol–water partition coefficient (Wildman–Crippen LogP) is 1.71. The van der Waals surface area contributed by atoms with Crippen LogP contribution in [0.3, 0.4) is 0 Å². The maximum Gasteiger partial charge on any atom is 0.0664 e. The molecule has 0 radical (unpaired) electrons. The molecular weight excluding hydrogens is 196 g/mol. The van der Waals surface area contributed by atoms with E-state index < -0.39 is 0 Å². The number of hydrogen-bond acceptors (Lipinski definition) is 2. The van der Waals surface area contributed by atoms with Gasteiger partial charge in [0.1, 0.15) is 0 Å². The molecule has 3 heteroatoms. The number of terminal acetylenes is 1. The Morgan fingerprint density at radius 3 is 2.79 bits per heavy atom. The van der Waals surface area contributed by atoms with Crippen LogP contribution in [0.5, 0.6) is 0 Å². The number of rotatable bonds is 2. The van der Waals surface area contributed by atoms with Gasteiger partial charge in [0.2, 0.25) is 0 Å². The van der Waals surface area contributed by atoms with E-state index in [1.165, 1.54) is 0 Å². The van der Waals surface area contributed by atoms with Gasteiger partial charge in [0.15, 0.2) is 0 Å². The predicted molar refractivity (Wildman–Crippen MR) is 57.1 cm³/mol.